The first-order valence-electron chi connectivity index (χ1n) is 23.9. The number of carbonyl (C=O) groups excluding carboxylic acids is 4. The molecule has 0 aliphatic carbocycles. The highest BCUT2D eigenvalue weighted by Gasteiger charge is 2.36. The number of anilines is 2. The number of nitrogens with zero attached hydrogens (tertiary/aromatic N) is 10. The summed E-state index contributed by atoms with van der Waals surface area (Å²) >= 11 is 0. The largest absolute Gasteiger partial charge is 0.348 e. The van der Waals surface area contributed by atoms with Crippen molar-refractivity contribution in [1.82, 2.24) is 38.6 Å². The van der Waals surface area contributed by atoms with Gasteiger partial charge < -0.3 is 14.7 Å². The number of fused-ring (bicyclic) bond motifs is 3. The molecule has 0 saturated carbocycles. The van der Waals surface area contributed by atoms with Crippen LogP contribution in [-0.4, -0.2) is 88.4 Å². The predicted molar refractivity (Wildman–Crippen MR) is 246 cm³/mol. The Hall–Kier alpha value is -6.13. The van der Waals surface area contributed by atoms with E-state index >= 15 is 0 Å². The number of benzene rings is 2. The molecule has 17 heteroatoms. The fourth-order valence-electron chi connectivity index (χ4n) is 10.6. The number of piperidine rings is 2. The number of hydrogen-bond donors (Lipinski definition) is 0. The summed E-state index contributed by atoms with van der Waals surface area (Å²) in [6.45, 7) is 4.99. The summed E-state index contributed by atoms with van der Waals surface area (Å²) in [5, 5.41) is 10.5. The molecule has 350 valence electrons. The molecule has 4 amide bonds. The van der Waals surface area contributed by atoms with Gasteiger partial charge in [-0.1, -0.05) is 44.2 Å². The first-order valence-corrected chi connectivity index (χ1v) is 23.9. The molecule has 0 bridgehead atoms. The van der Waals surface area contributed by atoms with Gasteiger partial charge >= 0.3 is 5.69 Å². The van der Waals surface area contributed by atoms with E-state index in [1.807, 2.05) is 28.0 Å². The van der Waals surface area contributed by atoms with Crippen LogP contribution >= 0.6 is 0 Å². The minimum Gasteiger partial charge on any atom is -0.343 e. The van der Waals surface area contributed by atoms with E-state index in [-0.39, 0.29) is 53.8 Å². The Morgan fingerprint density at radius 1 is 0.818 bits per heavy atom. The maximum Gasteiger partial charge on any atom is 0.348 e. The number of aryl methyl sites for hydroxylation is 3. The van der Waals surface area contributed by atoms with E-state index in [1.54, 1.807) is 53.8 Å². The summed E-state index contributed by atoms with van der Waals surface area (Å²) in [6.07, 6.45) is 12.6. The lowest BCUT2D eigenvalue weighted by molar-refractivity contribution is -0.133. The van der Waals surface area contributed by atoms with Gasteiger partial charge in [-0.3, -0.25) is 33.1 Å². The molecule has 5 aromatic rings. The molecule has 3 aromatic heterocycles. The number of likely N-dealkylation sites (tertiary alicyclic amines) is 1. The highest BCUT2D eigenvalue weighted by Crippen LogP contribution is 2.44. The zero-order valence-electron chi connectivity index (χ0n) is 38.1. The topological polar surface area (TPSA) is 144 Å². The molecule has 0 spiro atoms. The maximum absolute atomic E-state index is 14.7. The van der Waals surface area contributed by atoms with Gasteiger partial charge in [-0.25, -0.2) is 13.6 Å². The van der Waals surface area contributed by atoms with E-state index in [0.717, 1.165) is 104 Å². The van der Waals surface area contributed by atoms with E-state index in [0.29, 0.717) is 80.7 Å². The quantitative estimate of drug-likeness (QED) is 0.0777. The molecule has 4 aliphatic heterocycles. The summed E-state index contributed by atoms with van der Waals surface area (Å²) in [5.41, 5.74) is 5.80. The molecule has 15 nitrogen and oxygen atoms in total. The number of amides is 4. The van der Waals surface area contributed by atoms with Crippen LogP contribution < -0.4 is 15.6 Å². The molecule has 2 fully saturated rings. The van der Waals surface area contributed by atoms with Crippen LogP contribution in [0.3, 0.4) is 0 Å². The Kier molecular flexibility index (Phi) is 13.2. The fraction of sp³-hybridized carbons (Fsp3) is 0.531. The zero-order valence-corrected chi connectivity index (χ0v) is 38.1. The van der Waals surface area contributed by atoms with Gasteiger partial charge in [0.2, 0.25) is 23.6 Å². The second kappa shape index (κ2) is 19.4. The maximum atomic E-state index is 14.7. The first-order chi connectivity index (χ1) is 32.0. The van der Waals surface area contributed by atoms with Gasteiger partial charge in [0.1, 0.15) is 0 Å². The summed E-state index contributed by atoms with van der Waals surface area (Å²) in [6, 6.07) is 10.9. The lowest BCUT2D eigenvalue weighted by Crippen LogP contribution is -2.52. The second-order valence-electron chi connectivity index (χ2n) is 18.4. The molecule has 9 rings (SSSR count). The highest BCUT2D eigenvalue weighted by molar-refractivity contribution is 6.11. The van der Waals surface area contributed by atoms with Crippen LogP contribution in [-0.2, 0) is 52.2 Å². The van der Waals surface area contributed by atoms with Gasteiger partial charge in [-0.05, 0) is 80.3 Å². The third-order valence-electron chi connectivity index (χ3n) is 14.1. The molecule has 0 atom stereocenters. The third-order valence-corrected chi connectivity index (χ3v) is 14.1. The van der Waals surface area contributed by atoms with E-state index in [1.165, 1.54) is 4.68 Å². The van der Waals surface area contributed by atoms with Gasteiger partial charge in [0, 0.05) is 107 Å². The standard InChI is InChI=1S/C49H60F2N10O5/c1-33(62)56-27-22-40-39(32-56)48(57-24-13-14-34-28-37(35-30-52-54(2)31-35)38(47(50)51)29-43(34)57)53-59(40)36-20-25-55(26-21-36)44(63)17-8-6-4-3-5-7-11-23-58-41-15-9-10-16-42(41)60(49(58)66)61-45(64)18-12-19-46(61)65/h9-10,15-16,28-31,36,47H,3-8,11-14,17-27,32H2,1-2H3. The molecular weight excluding hydrogens is 847 g/mol. The Morgan fingerprint density at radius 2 is 1.53 bits per heavy atom. The van der Waals surface area contributed by atoms with E-state index in [9.17, 15) is 32.8 Å². The van der Waals surface area contributed by atoms with Crippen LogP contribution in [0.1, 0.15) is 132 Å². The Bertz CT molecular complexity index is 2670. The minimum absolute atomic E-state index is 0.00755. The predicted octanol–water partition coefficient (Wildman–Crippen LogP) is 7.49. The summed E-state index contributed by atoms with van der Waals surface area (Å²) < 4.78 is 36.1. The van der Waals surface area contributed by atoms with Crippen LogP contribution in [0.25, 0.3) is 22.2 Å². The number of halogens is 2. The number of imide groups is 1. The summed E-state index contributed by atoms with van der Waals surface area (Å²) in [4.78, 5) is 70.8. The first kappa shape index (κ1) is 45.0. The molecular formula is C49H60F2N10O5. The van der Waals surface area contributed by atoms with Crippen LogP contribution in [0.2, 0.25) is 0 Å². The number of carbonyl (C=O) groups is 4. The number of alkyl halides is 2. The fourth-order valence-corrected chi connectivity index (χ4v) is 10.6. The normalized spacial score (nSPS) is 17.0. The van der Waals surface area contributed by atoms with Crippen molar-refractivity contribution in [3.05, 3.63) is 81.7 Å². The number of aromatic nitrogens is 6. The van der Waals surface area contributed by atoms with Crippen molar-refractivity contribution in [2.75, 3.05) is 36.1 Å². The lowest BCUT2D eigenvalue weighted by Gasteiger charge is -2.34. The third kappa shape index (κ3) is 8.92. The van der Waals surface area contributed by atoms with Gasteiger partial charge in [-0.15, -0.1) is 0 Å². The van der Waals surface area contributed by atoms with E-state index < -0.39 is 6.43 Å². The summed E-state index contributed by atoms with van der Waals surface area (Å²) in [5.74, 6) is 0.207. The average Bonchev–Trinajstić information content (AvgIpc) is 4.00. The van der Waals surface area contributed by atoms with Crippen molar-refractivity contribution in [3.8, 4) is 11.1 Å². The molecule has 0 unspecified atom stereocenters. The van der Waals surface area contributed by atoms with Gasteiger partial charge in [0.15, 0.2) is 5.82 Å². The highest BCUT2D eigenvalue weighted by atomic mass is 19.3. The average molecular weight is 907 g/mol. The minimum atomic E-state index is -2.68. The molecule has 2 saturated heterocycles. The van der Waals surface area contributed by atoms with Crippen LogP contribution in [0.4, 0.5) is 20.3 Å². The molecule has 0 N–H and O–H groups in total. The molecule has 66 heavy (non-hydrogen) atoms. The van der Waals surface area contributed by atoms with Gasteiger partial charge in [0.05, 0.1) is 29.8 Å². The molecule has 0 radical (unpaired) electrons. The Balaban J connectivity index is 0.771. The van der Waals surface area contributed by atoms with Crippen molar-refractivity contribution >= 4 is 46.2 Å². The molecule has 4 aliphatic rings. The number of imidazole rings is 1. The summed E-state index contributed by atoms with van der Waals surface area (Å²) in [7, 11) is 1.77. The van der Waals surface area contributed by atoms with Crippen molar-refractivity contribution in [1.29, 1.82) is 0 Å². The number of unbranched alkanes of at least 4 members (excludes halogenated alkanes) is 6. The monoisotopic (exact) mass is 906 g/mol. The molecule has 2 aromatic carbocycles. The van der Waals surface area contributed by atoms with Crippen LogP contribution in [0, 0.1) is 0 Å². The Labute approximate surface area is 382 Å². The van der Waals surface area contributed by atoms with E-state index in [2.05, 4.69) is 14.7 Å². The van der Waals surface area contributed by atoms with Crippen molar-refractivity contribution in [2.45, 2.75) is 135 Å². The molecule has 7 heterocycles. The van der Waals surface area contributed by atoms with Crippen molar-refractivity contribution < 1.29 is 28.0 Å². The van der Waals surface area contributed by atoms with Gasteiger partial charge in [-0.2, -0.15) is 19.9 Å². The second-order valence-corrected chi connectivity index (χ2v) is 18.4. The van der Waals surface area contributed by atoms with Crippen LogP contribution in [0.5, 0.6) is 0 Å². The van der Waals surface area contributed by atoms with E-state index in [4.69, 9.17) is 5.10 Å². The van der Waals surface area contributed by atoms with Crippen molar-refractivity contribution in [2.24, 2.45) is 7.05 Å². The van der Waals surface area contributed by atoms with Gasteiger partial charge in [0.25, 0.3) is 6.43 Å². The lowest BCUT2D eigenvalue weighted by atomic mass is 9.92. The van der Waals surface area contributed by atoms with Crippen LogP contribution in [0.15, 0.2) is 53.6 Å². The number of hydrogen-bond acceptors (Lipinski definition) is 8. The Morgan fingerprint density at radius 3 is 2.23 bits per heavy atom. The number of rotatable bonds is 15. The zero-order chi connectivity index (χ0) is 46.1. The SMILES string of the molecule is CC(=O)N1CCc2c(c(N3CCCc4cc(-c5cnn(C)c5)c(C(F)F)cc43)nn2C2CCN(C(=O)CCCCCCCCCn3c(=O)n(N4C(=O)CCCC4=O)c4ccccc43)CC2)C1. The smallest absolute Gasteiger partial charge is 0.343 e. The number of para-hydroxylation sites is 2. The van der Waals surface area contributed by atoms with Crippen molar-refractivity contribution in [3.63, 3.8) is 0 Å².